The van der Waals surface area contributed by atoms with Crippen molar-refractivity contribution in [2.24, 2.45) is 0 Å². The summed E-state index contributed by atoms with van der Waals surface area (Å²) in [6, 6.07) is 6.03. The van der Waals surface area contributed by atoms with Gasteiger partial charge in [0.2, 0.25) is 0 Å². The average Bonchev–Trinajstić information content (AvgIpc) is 2.28. The first-order valence-electron chi connectivity index (χ1n) is 5.58. The standard InChI is InChI=1S/C13H17BrClNO/c1-3-6-16-8-11-4-5-13(12(14)7-11)17-9-10(2)15/h4-5,7,16H,2-3,6,8-9H2,1H3. The smallest absolute Gasteiger partial charge is 0.134 e. The van der Waals surface area contributed by atoms with Gasteiger partial charge in [-0.3, -0.25) is 0 Å². The number of ether oxygens (including phenoxy) is 1. The van der Waals surface area contributed by atoms with Gasteiger partial charge in [0.1, 0.15) is 12.4 Å². The summed E-state index contributed by atoms with van der Waals surface area (Å²) in [5.74, 6) is 0.783. The molecule has 1 aromatic carbocycles. The first-order valence-corrected chi connectivity index (χ1v) is 6.75. The maximum absolute atomic E-state index is 5.65. The van der Waals surface area contributed by atoms with Gasteiger partial charge in [-0.05, 0) is 46.6 Å². The molecule has 1 rings (SSSR count). The Labute approximate surface area is 116 Å². The van der Waals surface area contributed by atoms with E-state index in [9.17, 15) is 0 Å². The van der Waals surface area contributed by atoms with Crippen LogP contribution in [0.25, 0.3) is 0 Å². The zero-order valence-corrected chi connectivity index (χ0v) is 12.3. The lowest BCUT2D eigenvalue weighted by Crippen LogP contribution is -2.13. The lowest BCUT2D eigenvalue weighted by molar-refractivity contribution is 0.357. The van der Waals surface area contributed by atoms with Gasteiger partial charge in [-0.1, -0.05) is 31.2 Å². The van der Waals surface area contributed by atoms with E-state index in [1.165, 1.54) is 5.56 Å². The largest absolute Gasteiger partial charge is 0.487 e. The van der Waals surface area contributed by atoms with Crippen molar-refractivity contribution in [1.29, 1.82) is 0 Å². The fourth-order valence-electron chi connectivity index (χ4n) is 1.34. The van der Waals surface area contributed by atoms with Crippen LogP contribution < -0.4 is 10.1 Å². The molecule has 0 saturated heterocycles. The summed E-state index contributed by atoms with van der Waals surface area (Å²) in [6.45, 7) is 7.96. The minimum Gasteiger partial charge on any atom is -0.487 e. The highest BCUT2D eigenvalue weighted by molar-refractivity contribution is 9.10. The lowest BCUT2D eigenvalue weighted by Gasteiger charge is -2.09. The van der Waals surface area contributed by atoms with Gasteiger partial charge >= 0.3 is 0 Å². The fraction of sp³-hybridized carbons (Fsp3) is 0.385. The van der Waals surface area contributed by atoms with Crippen LogP contribution in [0.15, 0.2) is 34.3 Å². The normalized spacial score (nSPS) is 10.3. The molecular formula is C13H17BrClNO. The molecule has 0 fully saturated rings. The molecule has 17 heavy (non-hydrogen) atoms. The SMILES string of the molecule is C=C(Cl)COc1ccc(CNCCC)cc1Br. The zero-order valence-electron chi connectivity index (χ0n) is 9.93. The van der Waals surface area contributed by atoms with Crippen molar-refractivity contribution in [2.45, 2.75) is 19.9 Å². The van der Waals surface area contributed by atoms with Gasteiger partial charge in [-0.25, -0.2) is 0 Å². The van der Waals surface area contributed by atoms with E-state index in [4.69, 9.17) is 16.3 Å². The summed E-state index contributed by atoms with van der Waals surface area (Å²) in [7, 11) is 0. The Morgan fingerprint density at radius 2 is 2.29 bits per heavy atom. The minimum absolute atomic E-state index is 0.327. The second-order valence-electron chi connectivity index (χ2n) is 3.75. The van der Waals surface area contributed by atoms with Gasteiger partial charge in [0.15, 0.2) is 0 Å². The Morgan fingerprint density at radius 3 is 2.88 bits per heavy atom. The molecule has 0 aromatic heterocycles. The predicted octanol–water partition coefficient (Wildman–Crippen LogP) is 4.08. The third-order valence-corrected chi connectivity index (χ3v) is 2.87. The first kappa shape index (κ1) is 14.6. The lowest BCUT2D eigenvalue weighted by atomic mass is 10.2. The van der Waals surface area contributed by atoms with Crippen molar-refractivity contribution in [2.75, 3.05) is 13.2 Å². The van der Waals surface area contributed by atoms with Crippen molar-refractivity contribution in [3.63, 3.8) is 0 Å². The van der Waals surface area contributed by atoms with Crippen molar-refractivity contribution in [3.8, 4) is 5.75 Å². The molecule has 0 saturated carbocycles. The van der Waals surface area contributed by atoms with Crippen molar-refractivity contribution < 1.29 is 4.74 Å². The van der Waals surface area contributed by atoms with Gasteiger partial charge in [0, 0.05) is 11.6 Å². The van der Waals surface area contributed by atoms with E-state index in [0.717, 1.165) is 29.7 Å². The number of hydrogen-bond acceptors (Lipinski definition) is 2. The van der Waals surface area contributed by atoms with Crippen LogP contribution in [0.2, 0.25) is 0 Å². The monoisotopic (exact) mass is 317 g/mol. The summed E-state index contributed by atoms with van der Waals surface area (Å²) in [4.78, 5) is 0. The number of nitrogens with one attached hydrogen (secondary N) is 1. The Hall–Kier alpha value is -0.510. The third kappa shape index (κ3) is 5.57. The minimum atomic E-state index is 0.327. The Kier molecular flexibility index (Phi) is 6.63. The highest BCUT2D eigenvalue weighted by atomic mass is 79.9. The molecule has 0 aliphatic rings. The molecule has 94 valence electrons. The summed E-state index contributed by atoms with van der Waals surface area (Å²) < 4.78 is 6.42. The van der Waals surface area contributed by atoms with Gasteiger partial charge < -0.3 is 10.1 Å². The molecule has 0 atom stereocenters. The van der Waals surface area contributed by atoms with Crippen LogP contribution in [0.4, 0.5) is 0 Å². The van der Waals surface area contributed by atoms with Crippen LogP contribution >= 0.6 is 27.5 Å². The third-order valence-electron chi connectivity index (χ3n) is 2.14. The van der Waals surface area contributed by atoms with Gasteiger partial charge in [-0.2, -0.15) is 0 Å². The quantitative estimate of drug-likeness (QED) is 0.765. The number of hydrogen-bond donors (Lipinski definition) is 1. The second kappa shape index (κ2) is 7.75. The molecule has 0 bridgehead atoms. The van der Waals surface area contributed by atoms with E-state index >= 15 is 0 Å². The van der Waals surface area contributed by atoms with Crippen LogP contribution in [0.1, 0.15) is 18.9 Å². The molecule has 0 amide bonds. The fourth-order valence-corrected chi connectivity index (χ4v) is 1.93. The Morgan fingerprint density at radius 1 is 1.53 bits per heavy atom. The van der Waals surface area contributed by atoms with Crippen molar-refractivity contribution >= 4 is 27.5 Å². The first-order chi connectivity index (χ1) is 8.13. The average molecular weight is 319 g/mol. The summed E-state index contributed by atoms with van der Waals surface area (Å²) >= 11 is 9.13. The van der Waals surface area contributed by atoms with Crippen LogP contribution in [0.5, 0.6) is 5.75 Å². The van der Waals surface area contributed by atoms with Gasteiger partial charge in [-0.15, -0.1) is 0 Å². The molecule has 0 spiro atoms. The maximum Gasteiger partial charge on any atom is 0.134 e. The second-order valence-corrected chi connectivity index (χ2v) is 5.14. The van der Waals surface area contributed by atoms with Gasteiger partial charge in [0.05, 0.1) is 4.47 Å². The summed E-state index contributed by atoms with van der Waals surface area (Å²) in [5.41, 5.74) is 1.22. The topological polar surface area (TPSA) is 21.3 Å². The Bertz CT molecular complexity index is 382. The van der Waals surface area contributed by atoms with E-state index in [0.29, 0.717) is 11.6 Å². The van der Waals surface area contributed by atoms with Crippen molar-refractivity contribution in [1.82, 2.24) is 5.32 Å². The summed E-state index contributed by atoms with van der Waals surface area (Å²) in [5, 5.41) is 3.84. The zero-order chi connectivity index (χ0) is 12.7. The molecule has 2 nitrogen and oxygen atoms in total. The highest BCUT2D eigenvalue weighted by Crippen LogP contribution is 2.26. The molecule has 1 aromatic rings. The number of benzene rings is 1. The van der Waals surface area contributed by atoms with E-state index < -0.39 is 0 Å². The molecule has 0 heterocycles. The highest BCUT2D eigenvalue weighted by Gasteiger charge is 2.03. The maximum atomic E-state index is 5.65. The van der Waals surface area contributed by atoms with Crippen LogP contribution in [0.3, 0.4) is 0 Å². The van der Waals surface area contributed by atoms with E-state index in [1.807, 2.05) is 12.1 Å². The van der Waals surface area contributed by atoms with E-state index in [2.05, 4.69) is 40.8 Å². The molecule has 1 N–H and O–H groups in total. The van der Waals surface area contributed by atoms with Crippen molar-refractivity contribution in [3.05, 3.63) is 39.8 Å². The van der Waals surface area contributed by atoms with Crippen LogP contribution in [-0.2, 0) is 6.54 Å². The molecule has 0 unspecified atom stereocenters. The van der Waals surface area contributed by atoms with Gasteiger partial charge in [0.25, 0.3) is 0 Å². The van der Waals surface area contributed by atoms with Crippen LogP contribution in [-0.4, -0.2) is 13.2 Å². The van der Waals surface area contributed by atoms with E-state index in [-0.39, 0.29) is 0 Å². The Balaban J connectivity index is 2.56. The van der Waals surface area contributed by atoms with E-state index in [1.54, 1.807) is 0 Å². The number of halogens is 2. The molecule has 0 radical (unpaired) electrons. The predicted molar refractivity (Wildman–Crippen MR) is 76.6 cm³/mol. The molecule has 0 aliphatic carbocycles. The summed E-state index contributed by atoms with van der Waals surface area (Å²) in [6.07, 6.45) is 1.14. The molecule has 0 aliphatic heterocycles. The molecular weight excluding hydrogens is 302 g/mol. The van der Waals surface area contributed by atoms with Crippen LogP contribution in [0, 0.1) is 0 Å². The molecule has 4 heteroatoms. The number of rotatable bonds is 7.